The number of nitrogens with one attached hydrogen (secondary N) is 1. The Kier molecular flexibility index (Phi) is 2.72. The van der Waals surface area contributed by atoms with Gasteiger partial charge in [-0.05, 0) is 18.6 Å². The molecule has 1 N–H and O–H groups in total. The van der Waals surface area contributed by atoms with Crippen LogP contribution in [0.15, 0.2) is 23.1 Å². The summed E-state index contributed by atoms with van der Waals surface area (Å²) in [6.07, 6.45) is 2.47. The zero-order valence-electron chi connectivity index (χ0n) is 8.77. The van der Waals surface area contributed by atoms with E-state index in [-0.39, 0.29) is 6.42 Å². The van der Waals surface area contributed by atoms with Crippen molar-refractivity contribution in [3.63, 3.8) is 0 Å². The van der Waals surface area contributed by atoms with Gasteiger partial charge in [-0.1, -0.05) is 11.7 Å². The van der Waals surface area contributed by atoms with Crippen LogP contribution in [0.4, 0.5) is 0 Å². The van der Waals surface area contributed by atoms with Gasteiger partial charge >= 0.3 is 11.7 Å². The summed E-state index contributed by atoms with van der Waals surface area (Å²) in [7, 11) is 0. The van der Waals surface area contributed by atoms with Gasteiger partial charge in [0.25, 0.3) is 0 Å². The second-order valence-electron chi connectivity index (χ2n) is 3.31. The number of rotatable bonds is 3. The van der Waals surface area contributed by atoms with Crippen LogP contribution in [0.2, 0.25) is 0 Å². The molecule has 2 heterocycles. The summed E-state index contributed by atoms with van der Waals surface area (Å²) >= 11 is 0. The molecule has 2 aromatic rings. The first kappa shape index (κ1) is 10.4. The minimum Gasteiger partial charge on any atom is -0.330 e. The molecule has 0 aliphatic heterocycles. The van der Waals surface area contributed by atoms with Crippen LogP contribution in [0.3, 0.4) is 0 Å². The Hall–Kier alpha value is -2.11. The summed E-state index contributed by atoms with van der Waals surface area (Å²) < 4.78 is 0.882. The molecule has 0 bridgehead atoms. The van der Waals surface area contributed by atoms with Crippen molar-refractivity contribution in [1.29, 1.82) is 0 Å². The predicted octanol–water partition coefficient (Wildman–Crippen LogP) is 0.480. The van der Waals surface area contributed by atoms with Gasteiger partial charge in [-0.2, -0.15) is 0 Å². The Morgan fingerprint density at radius 2 is 2.44 bits per heavy atom. The van der Waals surface area contributed by atoms with Crippen molar-refractivity contribution in [2.24, 2.45) is 0 Å². The molecule has 2 aromatic heterocycles. The molecule has 6 nitrogen and oxygen atoms in total. The molecule has 0 saturated heterocycles. The highest BCUT2D eigenvalue weighted by Crippen LogP contribution is 2.03. The van der Waals surface area contributed by atoms with E-state index in [0.717, 1.165) is 4.73 Å². The fourth-order valence-electron chi connectivity index (χ4n) is 1.35. The van der Waals surface area contributed by atoms with Gasteiger partial charge in [0, 0.05) is 12.6 Å². The van der Waals surface area contributed by atoms with E-state index in [4.69, 9.17) is 4.84 Å². The average Bonchev–Trinajstić information content (AvgIpc) is 2.56. The largest absolute Gasteiger partial charge is 0.361 e. The lowest BCUT2D eigenvalue weighted by Crippen LogP contribution is -2.28. The van der Waals surface area contributed by atoms with Crippen LogP contribution in [-0.4, -0.2) is 20.7 Å². The number of carbonyl (C=O) groups is 1. The molecule has 0 saturated carbocycles. The monoisotopic (exact) mass is 221 g/mol. The number of imidazole rings is 1. The van der Waals surface area contributed by atoms with Gasteiger partial charge in [0.15, 0.2) is 5.65 Å². The van der Waals surface area contributed by atoms with E-state index < -0.39 is 11.7 Å². The standard InChI is InChI=1S/C10H11N3O3/c1-2-4-8(14)16-13-9-7(12-10(13)15)5-3-6-11-9/h3,5-6H,2,4H2,1H3,(H,12,15). The lowest BCUT2D eigenvalue weighted by molar-refractivity contribution is -0.144. The number of H-pyrrole nitrogens is 1. The molecule has 0 amide bonds. The SMILES string of the molecule is CCCC(=O)On1c(=O)[nH]c2cccnc21. The second-order valence-corrected chi connectivity index (χ2v) is 3.31. The maximum Gasteiger partial charge on any atom is 0.361 e. The van der Waals surface area contributed by atoms with Gasteiger partial charge in [0.05, 0.1) is 5.52 Å². The molecule has 0 aliphatic carbocycles. The molecule has 84 valence electrons. The minimum atomic E-state index is -0.502. The molecule has 0 unspecified atom stereocenters. The molecule has 0 spiro atoms. The normalized spacial score (nSPS) is 10.6. The Morgan fingerprint density at radius 1 is 1.62 bits per heavy atom. The number of aromatic nitrogens is 3. The summed E-state index contributed by atoms with van der Waals surface area (Å²) in [6, 6.07) is 3.38. The van der Waals surface area contributed by atoms with Crippen LogP contribution < -0.4 is 10.5 Å². The molecule has 0 radical (unpaired) electrons. The van der Waals surface area contributed by atoms with Crippen LogP contribution >= 0.6 is 0 Å². The van der Waals surface area contributed by atoms with Crippen LogP contribution in [-0.2, 0) is 4.79 Å². The highest BCUT2D eigenvalue weighted by atomic mass is 16.7. The van der Waals surface area contributed by atoms with E-state index in [2.05, 4.69) is 9.97 Å². The summed E-state index contributed by atoms with van der Waals surface area (Å²) in [6.45, 7) is 1.86. The van der Waals surface area contributed by atoms with Crippen LogP contribution in [0.1, 0.15) is 19.8 Å². The number of pyridine rings is 1. The first-order valence-corrected chi connectivity index (χ1v) is 4.99. The zero-order chi connectivity index (χ0) is 11.5. The molecule has 0 aliphatic rings. The number of carbonyl (C=O) groups excluding carboxylic acids is 1. The van der Waals surface area contributed by atoms with Crippen molar-refractivity contribution in [2.45, 2.75) is 19.8 Å². The van der Waals surface area contributed by atoms with Gasteiger partial charge in [0.1, 0.15) is 0 Å². The quantitative estimate of drug-likeness (QED) is 0.817. The second kappa shape index (κ2) is 4.18. The first-order valence-electron chi connectivity index (χ1n) is 4.99. The maximum absolute atomic E-state index is 11.5. The van der Waals surface area contributed by atoms with Gasteiger partial charge in [-0.25, -0.2) is 14.6 Å². The highest BCUT2D eigenvalue weighted by molar-refractivity contribution is 5.73. The topological polar surface area (TPSA) is 77.0 Å². The van der Waals surface area contributed by atoms with Gasteiger partial charge in [-0.15, -0.1) is 0 Å². The summed E-state index contributed by atoms with van der Waals surface area (Å²) in [4.78, 5) is 34.2. The maximum atomic E-state index is 11.5. The molecule has 0 fully saturated rings. The number of aromatic amines is 1. The van der Waals surface area contributed by atoms with Crippen molar-refractivity contribution in [3.8, 4) is 0 Å². The third-order valence-corrected chi connectivity index (χ3v) is 2.05. The van der Waals surface area contributed by atoms with Crippen molar-refractivity contribution < 1.29 is 9.63 Å². The predicted molar refractivity (Wildman–Crippen MR) is 56.8 cm³/mol. The third-order valence-electron chi connectivity index (χ3n) is 2.05. The van der Waals surface area contributed by atoms with E-state index in [1.54, 1.807) is 12.1 Å². The summed E-state index contributed by atoms with van der Waals surface area (Å²) in [5, 5.41) is 0. The lowest BCUT2D eigenvalue weighted by atomic mass is 10.3. The third kappa shape index (κ3) is 1.81. The van der Waals surface area contributed by atoms with Crippen molar-refractivity contribution in [2.75, 3.05) is 0 Å². The van der Waals surface area contributed by atoms with Crippen molar-refractivity contribution in [1.82, 2.24) is 14.7 Å². The van der Waals surface area contributed by atoms with Crippen molar-refractivity contribution in [3.05, 3.63) is 28.8 Å². The molecule has 0 atom stereocenters. The Balaban J connectivity index is 2.40. The van der Waals surface area contributed by atoms with Gasteiger partial charge in [-0.3, -0.25) is 0 Å². The number of hydrogen-bond acceptors (Lipinski definition) is 4. The smallest absolute Gasteiger partial charge is 0.330 e. The molecule has 16 heavy (non-hydrogen) atoms. The Labute approximate surface area is 90.8 Å². The average molecular weight is 221 g/mol. The molecule has 2 rings (SSSR count). The number of fused-ring (bicyclic) bond motifs is 1. The Morgan fingerprint density at radius 3 is 3.19 bits per heavy atom. The molecule has 6 heteroatoms. The molecule has 0 aromatic carbocycles. The van der Waals surface area contributed by atoms with E-state index in [0.29, 0.717) is 17.6 Å². The van der Waals surface area contributed by atoms with E-state index in [1.807, 2.05) is 6.92 Å². The fourth-order valence-corrected chi connectivity index (χ4v) is 1.35. The minimum absolute atomic E-state index is 0.270. The molecular formula is C10H11N3O3. The summed E-state index contributed by atoms with van der Waals surface area (Å²) in [5.41, 5.74) is 0.354. The number of hydrogen-bond donors (Lipinski definition) is 1. The summed E-state index contributed by atoms with van der Waals surface area (Å²) in [5.74, 6) is -0.448. The van der Waals surface area contributed by atoms with E-state index >= 15 is 0 Å². The van der Waals surface area contributed by atoms with Gasteiger partial charge in [0.2, 0.25) is 0 Å². The fraction of sp³-hybridized carbons (Fsp3) is 0.300. The van der Waals surface area contributed by atoms with Crippen molar-refractivity contribution >= 4 is 17.1 Å². The van der Waals surface area contributed by atoms with E-state index in [9.17, 15) is 9.59 Å². The van der Waals surface area contributed by atoms with Crippen LogP contribution in [0.5, 0.6) is 0 Å². The molecular weight excluding hydrogens is 210 g/mol. The Bertz CT molecular complexity index is 570. The first-order chi connectivity index (χ1) is 7.72. The van der Waals surface area contributed by atoms with E-state index in [1.165, 1.54) is 6.20 Å². The van der Waals surface area contributed by atoms with Crippen LogP contribution in [0.25, 0.3) is 11.2 Å². The van der Waals surface area contributed by atoms with Crippen LogP contribution in [0, 0.1) is 0 Å². The number of nitrogens with zero attached hydrogens (tertiary/aromatic N) is 2. The highest BCUT2D eigenvalue weighted by Gasteiger charge is 2.11. The lowest BCUT2D eigenvalue weighted by Gasteiger charge is -2.01. The zero-order valence-corrected chi connectivity index (χ0v) is 8.77. The van der Waals surface area contributed by atoms with Gasteiger partial charge < -0.3 is 9.82 Å².